The summed E-state index contributed by atoms with van der Waals surface area (Å²) >= 11 is 0. The lowest BCUT2D eigenvalue weighted by Crippen LogP contribution is -2.51. The van der Waals surface area contributed by atoms with Crippen LogP contribution in [0.25, 0.3) is 0 Å². The molecule has 0 atom stereocenters. The molecule has 2 saturated heterocycles. The number of anilines is 1. The number of amides is 1. The lowest BCUT2D eigenvalue weighted by atomic mass is 9.79. The molecule has 27 heavy (non-hydrogen) atoms. The summed E-state index contributed by atoms with van der Waals surface area (Å²) in [7, 11) is -0.348. The number of piperazine rings is 1. The van der Waals surface area contributed by atoms with Gasteiger partial charge in [0.1, 0.15) is 0 Å². The van der Waals surface area contributed by atoms with E-state index in [0.717, 1.165) is 37.3 Å². The number of benzene rings is 1. The Morgan fingerprint density at radius 2 is 1.56 bits per heavy atom. The molecule has 2 aliphatic rings. The summed E-state index contributed by atoms with van der Waals surface area (Å²) in [4.78, 5) is 16.8. The monoisotopic (exact) mass is 372 g/mol. The first-order valence-corrected chi connectivity index (χ1v) is 9.91. The summed E-state index contributed by atoms with van der Waals surface area (Å²) < 4.78 is 12.4. The van der Waals surface area contributed by atoms with Crippen LogP contribution in [0, 0.1) is 5.41 Å². The lowest BCUT2D eigenvalue weighted by Gasteiger charge is -2.38. The van der Waals surface area contributed by atoms with Crippen LogP contribution in [0.5, 0.6) is 0 Å². The Balaban J connectivity index is 1.68. The van der Waals surface area contributed by atoms with Crippen LogP contribution in [0.15, 0.2) is 24.3 Å². The molecule has 0 radical (unpaired) electrons. The fourth-order valence-corrected chi connectivity index (χ4v) is 3.49. The van der Waals surface area contributed by atoms with Gasteiger partial charge in [-0.2, -0.15) is 0 Å². The van der Waals surface area contributed by atoms with E-state index in [1.165, 1.54) is 0 Å². The molecule has 0 aliphatic carbocycles. The highest BCUT2D eigenvalue weighted by Crippen LogP contribution is 2.36. The van der Waals surface area contributed by atoms with E-state index in [1.54, 1.807) is 0 Å². The van der Waals surface area contributed by atoms with E-state index in [1.807, 2.05) is 25.7 Å². The maximum Gasteiger partial charge on any atom is 0.494 e. The number of carbonyl (C=O) groups is 1. The molecule has 0 bridgehead atoms. The SMILES string of the molecule is CC(C)(C)C(=O)N1CCN(c2cccc(B3OC(C)(C)C(C)(C)O3)c2)CC1. The molecule has 0 N–H and O–H groups in total. The van der Waals surface area contributed by atoms with Crippen molar-refractivity contribution in [3.8, 4) is 0 Å². The van der Waals surface area contributed by atoms with E-state index in [0.29, 0.717) is 0 Å². The highest BCUT2D eigenvalue weighted by Gasteiger charge is 2.51. The quantitative estimate of drug-likeness (QED) is 0.749. The van der Waals surface area contributed by atoms with Crippen LogP contribution >= 0.6 is 0 Å². The number of hydrogen-bond acceptors (Lipinski definition) is 4. The van der Waals surface area contributed by atoms with E-state index in [9.17, 15) is 4.79 Å². The fourth-order valence-electron chi connectivity index (χ4n) is 3.49. The van der Waals surface area contributed by atoms with Gasteiger partial charge in [-0.1, -0.05) is 32.9 Å². The van der Waals surface area contributed by atoms with Gasteiger partial charge in [-0.25, -0.2) is 0 Å². The minimum Gasteiger partial charge on any atom is -0.399 e. The molecular formula is C21H33BN2O3. The summed E-state index contributed by atoms with van der Waals surface area (Å²) in [6.45, 7) is 17.4. The molecule has 1 aromatic carbocycles. The zero-order valence-electron chi connectivity index (χ0n) is 17.8. The zero-order valence-corrected chi connectivity index (χ0v) is 17.8. The molecule has 148 valence electrons. The zero-order chi connectivity index (χ0) is 20.0. The molecule has 1 amide bonds. The summed E-state index contributed by atoms with van der Waals surface area (Å²) in [5.74, 6) is 0.230. The smallest absolute Gasteiger partial charge is 0.399 e. The fraction of sp³-hybridized carbons (Fsp3) is 0.667. The summed E-state index contributed by atoms with van der Waals surface area (Å²) in [5.41, 5.74) is 1.20. The highest BCUT2D eigenvalue weighted by atomic mass is 16.7. The van der Waals surface area contributed by atoms with Crippen LogP contribution in [0.4, 0.5) is 5.69 Å². The third kappa shape index (κ3) is 4.02. The Labute approximate surface area is 164 Å². The molecule has 6 heteroatoms. The first-order valence-electron chi connectivity index (χ1n) is 9.91. The molecule has 3 rings (SSSR count). The maximum atomic E-state index is 12.5. The second kappa shape index (κ2) is 6.82. The molecular weight excluding hydrogens is 339 g/mol. The van der Waals surface area contributed by atoms with Crippen LogP contribution < -0.4 is 10.4 Å². The third-order valence-corrected chi connectivity index (χ3v) is 5.97. The van der Waals surface area contributed by atoms with E-state index >= 15 is 0 Å². The first kappa shape index (κ1) is 20.2. The van der Waals surface area contributed by atoms with Crippen molar-refractivity contribution in [1.82, 2.24) is 4.90 Å². The van der Waals surface area contributed by atoms with Gasteiger partial charge in [-0.05, 0) is 45.3 Å². The summed E-state index contributed by atoms with van der Waals surface area (Å²) in [5, 5.41) is 0. The van der Waals surface area contributed by atoms with Gasteiger partial charge in [0.2, 0.25) is 5.91 Å². The van der Waals surface area contributed by atoms with Crippen molar-refractivity contribution in [2.75, 3.05) is 31.1 Å². The Kier molecular flexibility index (Phi) is 5.11. The highest BCUT2D eigenvalue weighted by molar-refractivity contribution is 6.62. The Morgan fingerprint density at radius 3 is 2.07 bits per heavy atom. The van der Waals surface area contributed by atoms with Crippen molar-refractivity contribution in [2.45, 2.75) is 59.7 Å². The van der Waals surface area contributed by atoms with E-state index in [4.69, 9.17) is 9.31 Å². The molecule has 5 nitrogen and oxygen atoms in total. The van der Waals surface area contributed by atoms with Crippen LogP contribution in [-0.4, -0.2) is 55.3 Å². The molecule has 2 aliphatic heterocycles. The van der Waals surface area contributed by atoms with Crippen LogP contribution in [0.2, 0.25) is 0 Å². The second-order valence-electron chi connectivity index (χ2n) is 9.71. The van der Waals surface area contributed by atoms with Crippen LogP contribution in [0.3, 0.4) is 0 Å². The minimum atomic E-state index is -0.348. The van der Waals surface area contributed by atoms with Crippen molar-refractivity contribution >= 4 is 24.2 Å². The van der Waals surface area contributed by atoms with E-state index in [2.05, 4.69) is 56.9 Å². The molecule has 0 aromatic heterocycles. The largest absolute Gasteiger partial charge is 0.494 e. The van der Waals surface area contributed by atoms with Crippen LogP contribution in [0.1, 0.15) is 48.5 Å². The summed E-state index contributed by atoms with van der Waals surface area (Å²) in [6, 6.07) is 8.40. The molecule has 0 unspecified atom stereocenters. The average Bonchev–Trinajstić information content (AvgIpc) is 2.81. The number of hydrogen-bond donors (Lipinski definition) is 0. The van der Waals surface area contributed by atoms with E-state index in [-0.39, 0.29) is 29.6 Å². The Hall–Kier alpha value is -1.53. The van der Waals surface area contributed by atoms with E-state index < -0.39 is 0 Å². The van der Waals surface area contributed by atoms with Crippen molar-refractivity contribution in [1.29, 1.82) is 0 Å². The number of carbonyl (C=O) groups excluding carboxylic acids is 1. The average molecular weight is 372 g/mol. The van der Waals surface area contributed by atoms with Crippen molar-refractivity contribution in [2.24, 2.45) is 5.41 Å². The van der Waals surface area contributed by atoms with Crippen molar-refractivity contribution in [3.63, 3.8) is 0 Å². The van der Waals surface area contributed by atoms with Crippen LogP contribution in [-0.2, 0) is 14.1 Å². The van der Waals surface area contributed by atoms with Crippen molar-refractivity contribution in [3.05, 3.63) is 24.3 Å². The van der Waals surface area contributed by atoms with Gasteiger partial charge in [0.15, 0.2) is 0 Å². The molecule has 0 spiro atoms. The predicted molar refractivity (Wildman–Crippen MR) is 110 cm³/mol. The van der Waals surface area contributed by atoms with Gasteiger partial charge in [0.25, 0.3) is 0 Å². The van der Waals surface area contributed by atoms with Gasteiger partial charge >= 0.3 is 7.12 Å². The Bertz CT molecular complexity index is 688. The summed E-state index contributed by atoms with van der Waals surface area (Å²) in [6.07, 6.45) is 0. The lowest BCUT2D eigenvalue weighted by molar-refractivity contribution is -0.139. The van der Waals surface area contributed by atoms with Gasteiger partial charge in [0.05, 0.1) is 11.2 Å². The normalized spacial score (nSPS) is 22.3. The number of rotatable bonds is 2. The molecule has 2 fully saturated rings. The second-order valence-corrected chi connectivity index (χ2v) is 9.71. The Morgan fingerprint density at radius 1 is 1.00 bits per heavy atom. The molecule has 0 saturated carbocycles. The molecule has 2 heterocycles. The molecule has 1 aromatic rings. The maximum absolute atomic E-state index is 12.5. The predicted octanol–water partition coefficient (Wildman–Crippen LogP) is 2.68. The van der Waals surface area contributed by atoms with Gasteiger partial charge in [0, 0.05) is 37.3 Å². The first-order chi connectivity index (χ1) is 12.4. The van der Waals surface area contributed by atoms with Gasteiger partial charge in [-0.15, -0.1) is 0 Å². The third-order valence-electron chi connectivity index (χ3n) is 5.97. The van der Waals surface area contributed by atoms with Crippen molar-refractivity contribution < 1.29 is 14.1 Å². The van der Waals surface area contributed by atoms with Gasteiger partial charge in [-0.3, -0.25) is 4.79 Å². The number of nitrogens with zero attached hydrogens (tertiary/aromatic N) is 2. The standard InChI is InChI=1S/C21H33BN2O3/c1-19(2,3)18(25)24-13-11-23(12-14-24)17-10-8-9-16(15-17)22-26-20(4,5)21(6,7)27-22/h8-10,15H,11-14H2,1-7H3. The van der Waals surface area contributed by atoms with Gasteiger partial charge < -0.3 is 19.1 Å². The topological polar surface area (TPSA) is 42.0 Å². The minimum absolute atomic E-state index is 0.230.